The van der Waals surface area contributed by atoms with Crippen LogP contribution in [0.3, 0.4) is 0 Å². The van der Waals surface area contributed by atoms with Crippen LogP contribution in [0.25, 0.3) is 0 Å². The molecule has 14 N–H and O–H groups in total. The van der Waals surface area contributed by atoms with Crippen molar-refractivity contribution in [3.8, 4) is 0 Å². The Kier molecular flexibility index (Phi) is 28.3. The SMILES string of the molecule is C.CC(C)[C@H](CN1CCC(C2CCC(Cl)CC2)C(C)(C)C1)NCNCCSN.O.O.O.O.O. The zero-order chi connectivity index (χ0) is 19.9. The number of nitrogens with one attached hydrogen (secondary N) is 2. The lowest BCUT2D eigenvalue weighted by Gasteiger charge is -2.49. The minimum atomic E-state index is 0. The highest BCUT2D eigenvalue weighted by molar-refractivity contribution is 7.97. The van der Waals surface area contributed by atoms with E-state index in [0.717, 1.165) is 37.3 Å². The van der Waals surface area contributed by atoms with E-state index in [2.05, 4.69) is 43.2 Å². The van der Waals surface area contributed by atoms with E-state index < -0.39 is 0 Å². The zero-order valence-corrected chi connectivity index (χ0v) is 22.0. The van der Waals surface area contributed by atoms with Gasteiger partial charge in [0.2, 0.25) is 0 Å². The molecule has 1 unspecified atom stereocenters. The maximum Gasteiger partial charge on any atom is 0.0457 e. The van der Waals surface area contributed by atoms with Crippen molar-refractivity contribution in [1.29, 1.82) is 0 Å². The third-order valence-electron chi connectivity index (χ3n) is 6.81. The van der Waals surface area contributed by atoms with Gasteiger partial charge in [0.1, 0.15) is 0 Å². The van der Waals surface area contributed by atoms with Crippen molar-refractivity contribution in [2.75, 3.05) is 38.6 Å². The summed E-state index contributed by atoms with van der Waals surface area (Å²) in [6.07, 6.45) is 6.47. The van der Waals surface area contributed by atoms with Crippen LogP contribution in [-0.4, -0.2) is 82.3 Å². The molecule has 2 atom stereocenters. The largest absolute Gasteiger partial charge is 0.412 e. The summed E-state index contributed by atoms with van der Waals surface area (Å²) >= 11 is 7.75. The minimum absolute atomic E-state index is 0. The fraction of sp³-hybridized carbons (Fsp3) is 1.00. The Morgan fingerprint density at radius 1 is 1.03 bits per heavy atom. The number of piperidine rings is 1. The van der Waals surface area contributed by atoms with Gasteiger partial charge >= 0.3 is 0 Å². The Labute approximate surface area is 212 Å². The summed E-state index contributed by atoms with van der Waals surface area (Å²) in [7, 11) is 0. The number of nitrogens with zero attached hydrogens (tertiary/aromatic N) is 1. The van der Waals surface area contributed by atoms with E-state index in [1.54, 1.807) is 0 Å². The molecule has 1 saturated heterocycles. The van der Waals surface area contributed by atoms with Gasteiger partial charge in [0.05, 0.1) is 0 Å². The fourth-order valence-corrected chi connectivity index (χ4v) is 5.72. The molecule has 0 aromatic heterocycles. The van der Waals surface area contributed by atoms with Gasteiger partial charge in [0.25, 0.3) is 0 Å². The zero-order valence-electron chi connectivity index (χ0n) is 20.5. The molecule has 208 valence electrons. The van der Waals surface area contributed by atoms with Gasteiger partial charge < -0.3 is 42.9 Å². The Morgan fingerprint density at radius 3 is 2.09 bits per heavy atom. The third kappa shape index (κ3) is 14.4. The van der Waals surface area contributed by atoms with Gasteiger partial charge in [-0.15, -0.1) is 11.6 Å². The molecule has 2 fully saturated rings. The third-order valence-corrected chi connectivity index (χ3v) is 7.68. The van der Waals surface area contributed by atoms with E-state index >= 15 is 0 Å². The lowest BCUT2D eigenvalue weighted by Crippen LogP contribution is -2.54. The fourth-order valence-electron chi connectivity index (χ4n) is 5.21. The van der Waals surface area contributed by atoms with Crippen molar-refractivity contribution in [1.82, 2.24) is 15.5 Å². The summed E-state index contributed by atoms with van der Waals surface area (Å²) in [5.74, 6) is 3.34. The molecule has 1 heterocycles. The van der Waals surface area contributed by atoms with E-state index in [1.165, 1.54) is 57.1 Å². The van der Waals surface area contributed by atoms with Crippen LogP contribution in [0.2, 0.25) is 0 Å². The lowest BCUT2D eigenvalue weighted by molar-refractivity contribution is 0.00478. The normalized spacial score (nSPS) is 25.0. The number of hydrogen-bond donors (Lipinski definition) is 3. The maximum atomic E-state index is 6.34. The summed E-state index contributed by atoms with van der Waals surface area (Å²) < 4.78 is 0. The first-order valence-electron chi connectivity index (χ1n) is 11.0. The lowest BCUT2D eigenvalue weighted by atomic mass is 9.64. The van der Waals surface area contributed by atoms with Gasteiger partial charge in [-0.3, -0.25) is 5.14 Å². The number of likely N-dealkylation sites (tertiary alicyclic amines) is 1. The molecule has 0 aromatic rings. The van der Waals surface area contributed by atoms with Gasteiger partial charge in [0.15, 0.2) is 0 Å². The smallest absolute Gasteiger partial charge is 0.0457 e. The van der Waals surface area contributed by atoms with E-state index in [-0.39, 0.29) is 34.8 Å². The molecular formula is C22H57ClN4O5S. The van der Waals surface area contributed by atoms with E-state index in [0.29, 0.717) is 22.8 Å². The topological polar surface area (TPSA) is 211 Å². The van der Waals surface area contributed by atoms with Crippen molar-refractivity contribution in [3.63, 3.8) is 0 Å². The summed E-state index contributed by atoms with van der Waals surface area (Å²) in [6.45, 7) is 15.1. The molecule has 11 heteroatoms. The molecule has 0 amide bonds. The van der Waals surface area contributed by atoms with Crippen molar-refractivity contribution in [2.45, 2.75) is 78.6 Å². The van der Waals surface area contributed by atoms with Crippen molar-refractivity contribution in [3.05, 3.63) is 0 Å². The van der Waals surface area contributed by atoms with Gasteiger partial charge in [-0.2, -0.15) is 0 Å². The van der Waals surface area contributed by atoms with Crippen LogP contribution < -0.4 is 15.8 Å². The average molecular weight is 525 g/mol. The average Bonchev–Trinajstić information content (AvgIpc) is 2.61. The molecule has 1 aliphatic carbocycles. The molecule has 1 aliphatic heterocycles. The molecule has 0 bridgehead atoms. The van der Waals surface area contributed by atoms with E-state index in [4.69, 9.17) is 16.7 Å². The highest BCUT2D eigenvalue weighted by Gasteiger charge is 2.41. The first-order chi connectivity index (χ1) is 12.8. The second-order valence-electron chi connectivity index (χ2n) is 9.73. The van der Waals surface area contributed by atoms with E-state index in [9.17, 15) is 0 Å². The minimum Gasteiger partial charge on any atom is -0.412 e. The monoisotopic (exact) mass is 524 g/mol. The first kappa shape index (κ1) is 43.4. The van der Waals surface area contributed by atoms with Crippen LogP contribution >= 0.6 is 23.5 Å². The van der Waals surface area contributed by atoms with Gasteiger partial charge in [-0.1, -0.05) is 47.1 Å². The number of nitrogens with two attached hydrogens (primary N) is 1. The number of rotatable bonds is 10. The number of halogens is 1. The van der Waals surface area contributed by atoms with Crippen molar-refractivity contribution < 1.29 is 27.4 Å². The molecule has 2 rings (SSSR count). The summed E-state index contributed by atoms with van der Waals surface area (Å²) in [5.41, 5.74) is 0.403. The Hall–Kier alpha value is 0.280. The van der Waals surface area contributed by atoms with Crippen LogP contribution in [-0.2, 0) is 0 Å². The molecule has 0 aromatic carbocycles. The predicted octanol–water partition coefficient (Wildman–Crippen LogP) is 0.413. The van der Waals surface area contributed by atoms with Crippen LogP contribution in [0.4, 0.5) is 0 Å². The van der Waals surface area contributed by atoms with E-state index in [1.807, 2.05) is 0 Å². The van der Waals surface area contributed by atoms with Gasteiger partial charge in [-0.25, -0.2) is 0 Å². The Morgan fingerprint density at radius 2 is 1.61 bits per heavy atom. The molecule has 1 saturated carbocycles. The molecular weight excluding hydrogens is 468 g/mol. The quantitative estimate of drug-likeness (QED) is 0.160. The standard InChI is InChI=1S/C21H43ClN4S.CH4.5H2O/c1-16(2)20(25-15-24-10-12-27-23)13-26-11-9-19(21(3,4)14-26)17-5-7-18(22)8-6-17;;;;;;/h16-20,24-25H,5-15,23H2,1-4H3;1H4;5*1H2/t17?,18?,19?,20-;;;;;;/m0....../s1. The molecule has 33 heavy (non-hydrogen) atoms. The van der Waals surface area contributed by atoms with Crippen LogP contribution in [0, 0.1) is 23.2 Å². The predicted molar refractivity (Wildman–Crippen MR) is 146 cm³/mol. The van der Waals surface area contributed by atoms with Gasteiger partial charge in [0, 0.05) is 43.5 Å². The first-order valence-corrected chi connectivity index (χ1v) is 12.4. The highest BCUT2D eigenvalue weighted by Crippen LogP contribution is 2.45. The maximum absolute atomic E-state index is 6.34. The second-order valence-corrected chi connectivity index (χ2v) is 11.1. The molecule has 0 radical (unpaired) electrons. The number of alkyl halides is 1. The summed E-state index contributed by atoms with van der Waals surface area (Å²) in [6, 6.07) is 0.530. The Balaban J connectivity index is -0.000000436. The van der Waals surface area contributed by atoms with Gasteiger partial charge in [-0.05, 0) is 61.8 Å². The molecule has 0 spiro atoms. The van der Waals surface area contributed by atoms with Crippen molar-refractivity contribution >= 4 is 23.5 Å². The van der Waals surface area contributed by atoms with Crippen LogP contribution in [0.15, 0.2) is 0 Å². The summed E-state index contributed by atoms with van der Waals surface area (Å²) in [5, 5.41) is 13.1. The van der Waals surface area contributed by atoms with Crippen LogP contribution in [0.5, 0.6) is 0 Å². The molecule has 2 aliphatic rings. The van der Waals surface area contributed by atoms with Crippen LogP contribution in [0.1, 0.15) is 67.2 Å². The highest BCUT2D eigenvalue weighted by atomic mass is 35.5. The van der Waals surface area contributed by atoms with Crippen molar-refractivity contribution in [2.24, 2.45) is 28.3 Å². The second kappa shape index (κ2) is 21.6. The Bertz CT molecular complexity index is 434. The number of hydrogen-bond acceptors (Lipinski definition) is 5. The molecule has 9 nitrogen and oxygen atoms in total. The summed E-state index contributed by atoms with van der Waals surface area (Å²) in [4.78, 5) is 2.71.